The molecule has 2 aromatic heterocycles. The van der Waals surface area contributed by atoms with Gasteiger partial charge in [0.15, 0.2) is 0 Å². The van der Waals surface area contributed by atoms with E-state index in [0.717, 1.165) is 30.6 Å². The number of carbonyl (C=O) groups is 1. The Morgan fingerprint density at radius 3 is 2.64 bits per heavy atom. The van der Waals surface area contributed by atoms with Crippen LogP contribution in [0.2, 0.25) is 0 Å². The number of rotatable bonds is 6. The van der Waals surface area contributed by atoms with Crippen LogP contribution in [0.5, 0.6) is 0 Å². The number of thioether (sulfide) groups is 1. The number of aryl methyl sites for hydroxylation is 1. The first-order valence-electron chi connectivity index (χ1n) is 8.35. The average molecular weight is 354 g/mol. The van der Waals surface area contributed by atoms with E-state index in [1.807, 2.05) is 30.5 Å². The Hall–Kier alpha value is -2.27. The van der Waals surface area contributed by atoms with Gasteiger partial charge in [0.25, 0.3) is 0 Å². The van der Waals surface area contributed by atoms with E-state index in [2.05, 4.69) is 34.9 Å². The zero-order chi connectivity index (χ0) is 17.8. The van der Waals surface area contributed by atoms with Gasteiger partial charge < -0.3 is 9.30 Å². The first-order valence-corrected chi connectivity index (χ1v) is 9.58. The molecule has 0 aliphatic rings. The Kier molecular flexibility index (Phi) is 5.43. The van der Waals surface area contributed by atoms with E-state index in [4.69, 9.17) is 4.74 Å². The van der Waals surface area contributed by atoms with Crippen LogP contribution in [0, 0.1) is 0 Å². The maximum absolute atomic E-state index is 11.6. The SMILES string of the molecule is CCCc1cc2cc(SC)cnc2n1Cc1ccc(C(=O)OC)cc1. The van der Waals surface area contributed by atoms with Crippen molar-refractivity contribution >= 4 is 28.8 Å². The summed E-state index contributed by atoms with van der Waals surface area (Å²) in [6, 6.07) is 12.0. The van der Waals surface area contributed by atoms with Gasteiger partial charge in [0.05, 0.1) is 12.7 Å². The molecule has 3 rings (SSSR count). The zero-order valence-corrected chi connectivity index (χ0v) is 15.6. The molecule has 1 aromatic carbocycles. The predicted octanol–water partition coefficient (Wildman–Crippen LogP) is 4.55. The Morgan fingerprint density at radius 2 is 2.00 bits per heavy atom. The maximum atomic E-state index is 11.6. The number of carbonyl (C=O) groups excluding carboxylic acids is 1. The summed E-state index contributed by atoms with van der Waals surface area (Å²) in [6.45, 7) is 2.93. The van der Waals surface area contributed by atoms with Crippen LogP contribution in [0.3, 0.4) is 0 Å². The molecule has 0 saturated heterocycles. The summed E-state index contributed by atoms with van der Waals surface area (Å²) in [5.74, 6) is -0.309. The summed E-state index contributed by atoms with van der Waals surface area (Å²) in [6.07, 6.45) is 6.10. The standard InChI is InChI=1S/C20H22N2O2S/c1-4-5-17-10-16-11-18(25-3)12-21-19(16)22(17)13-14-6-8-15(9-7-14)20(23)24-2/h6-12H,4-5,13H2,1-3H3. The highest BCUT2D eigenvalue weighted by molar-refractivity contribution is 7.98. The van der Waals surface area contributed by atoms with Gasteiger partial charge in [0.1, 0.15) is 5.65 Å². The van der Waals surface area contributed by atoms with Gasteiger partial charge in [-0.3, -0.25) is 0 Å². The molecule has 0 radical (unpaired) electrons. The number of nitrogens with zero attached hydrogens (tertiary/aromatic N) is 2. The number of pyridine rings is 1. The molecule has 4 nitrogen and oxygen atoms in total. The normalized spacial score (nSPS) is 11.0. The summed E-state index contributed by atoms with van der Waals surface area (Å²) >= 11 is 1.71. The fraction of sp³-hybridized carbons (Fsp3) is 0.300. The first-order chi connectivity index (χ1) is 12.2. The van der Waals surface area contributed by atoms with Crippen LogP contribution < -0.4 is 0 Å². The topological polar surface area (TPSA) is 44.1 Å². The molecule has 0 N–H and O–H groups in total. The zero-order valence-electron chi connectivity index (χ0n) is 14.8. The second-order valence-electron chi connectivity index (χ2n) is 5.95. The molecule has 0 unspecified atom stereocenters. The maximum Gasteiger partial charge on any atom is 0.337 e. The largest absolute Gasteiger partial charge is 0.465 e. The third kappa shape index (κ3) is 3.71. The lowest BCUT2D eigenvalue weighted by Crippen LogP contribution is -2.06. The highest BCUT2D eigenvalue weighted by atomic mass is 32.2. The molecule has 130 valence electrons. The van der Waals surface area contributed by atoms with E-state index < -0.39 is 0 Å². The molecule has 25 heavy (non-hydrogen) atoms. The second-order valence-corrected chi connectivity index (χ2v) is 6.83. The van der Waals surface area contributed by atoms with Crippen molar-refractivity contribution in [3.63, 3.8) is 0 Å². The molecule has 0 spiro atoms. The van der Waals surface area contributed by atoms with Crippen molar-refractivity contribution in [2.45, 2.75) is 31.2 Å². The van der Waals surface area contributed by atoms with Crippen molar-refractivity contribution in [2.75, 3.05) is 13.4 Å². The third-order valence-electron chi connectivity index (χ3n) is 4.25. The van der Waals surface area contributed by atoms with Gasteiger partial charge in [0.2, 0.25) is 0 Å². The Bertz CT molecular complexity index is 885. The van der Waals surface area contributed by atoms with Crippen LogP contribution >= 0.6 is 11.8 Å². The first kappa shape index (κ1) is 17.5. The highest BCUT2D eigenvalue weighted by Crippen LogP contribution is 2.25. The van der Waals surface area contributed by atoms with Crippen LogP contribution in [0.25, 0.3) is 11.0 Å². The van der Waals surface area contributed by atoms with Crippen LogP contribution in [0.15, 0.2) is 47.5 Å². The van der Waals surface area contributed by atoms with Crippen LogP contribution in [0.1, 0.15) is 35.0 Å². The van der Waals surface area contributed by atoms with Crippen LogP contribution in [-0.4, -0.2) is 28.9 Å². The Morgan fingerprint density at radius 1 is 1.24 bits per heavy atom. The lowest BCUT2D eigenvalue weighted by atomic mass is 10.1. The van der Waals surface area contributed by atoms with Gasteiger partial charge in [0, 0.05) is 28.7 Å². The average Bonchev–Trinajstić information content (AvgIpc) is 2.98. The summed E-state index contributed by atoms with van der Waals surface area (Å²) in [7, 11) is 1.40. The lowest BCUT2D eigenvalue weighted by Gasteiger charge is -2.10. The third-order valence-corrected chi connectivity index (χ3v) is 4.95. The molecule has 0 aliphatic carbocycles. The molecule has 0 saturated carbocycles. The fourth-order valence-electron chi connectivity index (χ4n) is 2.98. The molecule has 2 heterocycles. The molecule has 0 fully saturated rings. The number of benzene rings is 1. The van der Waals surface area contributed by atoms with Crippen LogP contribution in [0.4, 0.5) is 0 Å². The minimum Gasteiger partial charge on any atom is -0.465 e. The number of ether oxygens (including phenoxy) is 1. The molecule has 0 bridgehead atoms. The Labute approximate surface area is 152 Å². The summed E-state index contributed by atoms with van der Waals surface area (Å²) in [4.78, 5) is 17.4. The minimum absolute atomic E-state index is 0.309. The van der Waals surface area contributed by atoms with E-state index in [-0.39, 0.29) is 5.97 Å². The molecular formula is C20H22N2O2S. The summed E-state index contributed by atoms with van der Waals surface area (Å²) in [5, 5.41) is 1.18. The van der Waals surface area contributed by atoms with Gasteiger partial charge in [-0.05, 0) is 42.5 Å². The van der Waals surface area contributed by atoms with Gasteiger partial charge in [-0.1, -0.05) is 25.5 Å². The Balaban J connectivity index is 1.96. The molecule has 0 amide bonds. The van der Waals surface area contributed by atoms with Gasteiger partial charge in [-0.25, -0.2) is 9.78 Å². The van der Waals surface area contributed by atoms with E-state index in [1.54, 1.807) is 11.8 Å². The van der Waals surface area contributed by atoms with Gasteiger partial charge >= 0.3 is 5.97 Å². The van der Waals surface area contributed by atoms with E-state index in [1.165, 1.54) is 23.1 Å². The van der Waals surface area contributed by atoms with Crippen molar-refractivity contribution in [2.24, 2.45) is 0 Å². The van der Waals surface area contributed by atoms with Crippen molar-refractivity contribution in [3.05, 3.63) is 59.4 Å². The number of aromatic nitrogens is 2. The van der Waals surface area contributed by atoms with E-state index in [9.17, 15) is 4.79 Å². The smallest absolute Gasteiger partial charge is 0.337 e. The van der Waals surface area contributed by atoms with Gasteiger partial charge in [-0.15, -0.1) is 11.8 Å². The minimum atomic E-state index is -0.309. The highest BCUT2D eigenvalue weighted by Gasteiger charge is 2.11. The van der Waals surface area contributed by atoms with Crippen molar-refractivity contribution < 1.29 is 9.53 Å². The number of esters is 1. The number of hydrogen-bond donors (Lipinski definition) is 0. The van der Waals surface area contributed by atoms with Crippen molar-refractivity contribution in [3.8, 4) is 0 Å². The quantitative estimate of drug-likeness (QED) is 0.481. The second kappa shape index (κ2) is 7.74. The predicted molar refractivity (Wildman–Crippen MR) is 102 cm³/mol. The fourth-order valence-corrected chi connectivity index (χ4v) is 3.38. The number of methoxy groups -OCH3 is 1. The summed E-state index contributed by atoms with van der Waals surface area (Å²) < 4.78 is 7.03. The molecule has 5 heteroatoms. The van der Waals surface area contributed by atoms with E-state index >= 15 is 0 Å². The van der Waals surface area contributed by atoms with Crippen molar-refractivity contribution in [1.82, 2.24) is 9.55 Å². The van der Waals surface area contributed by atoms with E-state index in [0.29, 0.717) is 5.56 Å². The molecular weight excluding hydrogens is 332 g/mol. The number of hydrogen-bond acceptors (Lipinski definition) is 4. The lowest BCUT2D eigenvalue weighted by molar-refractivity contribution is 0.0600. The number of fused-ring (bicyclic) bond motifs is 1. The van der Waals surface area contributed by atoms with Crippen molar-refractivity contribution in [1.29, 1.82) is 0 Å². The van der Waals surface area contributed by atoms with Crippen LogP contribution in [-0.2, 0) is 17.7 Å². The molecule has 0 atom stereocenters. The van der Waals surface area contributed by atoms with Gasteiger partial charge in [-0.2, -0.15) is 0 Å². The molecule has 3 aromatic rings. The summed E-state index contributed by atoms with van der Waals surface area (Å²) in [5.41, 5.74) is 4.01. The molecule has 0 aliphatic heterocycles. The monoisotopic (exact) mass is 354 g/mol.